The average Bonchev–Trinajstić information content (AvgIpc) is 3.57. The van der Waals surface area contributed by atoms with Gasteiger partial charge in [0.05, 0.1) is 32.2 Å². The zero-order valence-electron chi connectivity index (χ0n) is 22.9. The smallest absolute Gasteiger partial charge is 0.255 e. The van der Waals surface area contributed by atoms with Crippen LogP contribution in [-0.4, -0.2) is 61.4 Å². The van der Waals surface area contributed by atoms with Gasteiger partial charge < -0.3 is 20.6 Å². The number of rotatable bonds is 8. The van der Waals surface area contributed by atoms with Crippen LogP contribution in [0.1, 0.15) is 41.4 Å². The van der Waals surface area contributed by atoms with E-state index >= 15 is 0 Å². The van der Waals surface area contributed by atoms with E-state index in [-0.39, 0.29) is 39.7 Å². The molecule has 2 heterocycles. The molecule has 4 N–H and O–H groups in total. The quantitative estimate of drug-likeness (QED) is 0.226. The van der Waals surface area contributed by atoms with Crippen LogP contribution >= 0.6 is 11.6 Å². The Kier molecular flexibility index (Phi) is 7.79. The van der Waals surface area contributed by atoms with Crippen molar-refractivity contribution >= 4 is 33.0 Å². The largest absolute Gasteiger partial charge is 0.387 e. The summed E-state index contributed by atoms with van der Waals surface area (Å²) in [5.41, 5.74) is -1.12. The maximum absolute atomic E-state index is 13.8. The second-order valence-corrected chi connectivity index (χ2v) is 13.8. The summed E-state index contributed by atoms with van der Waals surface area (Å²) in [7, 11) is -4.11. The second kappa shape index (κ2) is 11.3. The minimum absolute atomic E-state index is 0.0124. The number of aromatic nitrogens is 3. The Hall–Kier alpha value is -3.75. The highest BCUT2D eigenvalue weighted by atomic mass is 35.5. The van der Waals surface area contributed by atoms with Crippen LogP contribution in [0.15, 0.2) is 78.1 Å². The number of nitrogens with zero attached hydrogens (tertiary/aromatic N) is 3. The van der Waals surface area contributed by atoms with Gasteiger partial charge in [-0.25, -0.2) is 21.9 Å². The average molecular weight is 645 g/mol. The van der Waals surface area contributed by atoms with Gasteiger partial charge in [-0.15, -0.1) is 0 Å². The molecule has 230 valence electrons. The third-order valence-electron chi connectivity index (χ3n) is 8.70. The predicted octanol–water partition coefficient (Wildman–Crippen LogP) is 3.85. The number of halogens is 3. The lowest BCUT2D eigenvalue weighted by molar-refractivity contribution is -0.252. The third kappa shape index (κ3) is 5.18. The van der Waals surface area contributed by atoms with Crippen LogP contribution in [0.5, 0.6) is 0 Å². The van der Waals surface area contributed by atoms with Crippen LogP contribution in [0, 0.1) is 23.5 Å². The summed E-state index contributed by atoms with van der Waals surface area (Å²) in [6.07, 6.45) is 1.98. The molecule has 2 bridgehead atoms. The van der Waals surface area contributed by atoms with Gasteiger partial charge in [-0.2, -0.15) is 5.10 Å². The molecule has 3 aliphatic carbocycles. The molecule has 4 aromatic rings. The fourth-order valence-corrected chi connectivity index (χ4v) is 8.73. The summed E-state index contributed by atoms with van der Waals surface area (Å²) < 4.78 is 55.9. The lowest BCUT2D eigenvalue weighted by Crippen LogP contribution is -2.68. The highest BCUT2D eigenvalue weighted by Crippen LogP contribution is 2.58. The maximum Gasteiger partial charge on any atom is 0.255 e. The van der Waals surface area contributed by atoms with Gasteiger partial charge in [0.2, 0.25) is 0 Å². The number of amides is 1. The molecule has 14 heteroatoms. The fraction of sp³-hybridized carbons (Fsp3) is 0.300. The molecular weight excluding hydrogens is 618 g/mol. The van der Waals surface area contributed by atoms with Gasteiger partial charge in [-0.3, -0.25) is 9.78 Å². The summed E-state index contributed by atoms with van der Waals surface area (Å²) in [6.45, 7) is 0. The van der Waals surface area contributed by atoms with Crippen molar-refractivity contribution in [3.05, 3.63) is 101 Å². The van der Waals surface area contributed by atoms with Gasteiger partial charge in [0.15, 0.2) is 21.5 Å². The first-order chi connectivity index (χ1) is 20.9. The van der Waals surface area contributed by atoms with Crippen LogP contribution in [0.2, 0.25) is 5.02 Å². The molecule has 3 fully saturated rings. The van der Waals surface area contributed by atoms with Gasteiger partial charge in [0, 0.05) is 35.9 Å². The Morgan fingerprint density at radius 2 is 1.77 bits per heavy atom. The first-order valence-corrected chi connectivity index (χ1v) is 15.7. The van der Waals surface area contributed by atoms with E-state index in [1.165, 1.54) is 18.3 Å². The molecule has 0 saturated heterocycles. The zero-order valence-corrected chi connectivity index (χ0v) is 24.5. The summed E-state index contributed by atoms with van der Waals surface area (Å²) in [5.74, 6) is -4.28. The van der Waals surface area contributed by atoms with E-state index < -0.39 is 62.3 Å². The molecule has 0 radical (unpaired) electrons. The molecule has 3 aliphatic rings. The van der Waals surface area contributed by atoms with Crippen LogP contribution in [-0.2, 0) is 9.84 Å². The molecule has 10 nitrogen and oxygen atoms in total. The standard InChI is InChI=1S/C30H27ClF2N4O6S/c31-22-4-2-16(29(40)36-19-3-5-23(32)24(33)14-19)10-26(22)44(42,43)21-12-17-11-18(13-21)30(17,41)28(39)27(38)25-15-20(6-8-34-25)37-9-1-7-35-37/h1-10,14-15,17-18,21,27-28,38-39,41H,11-13H2,(H,36,40). The topological polar surface area (TPSA) is 155 Å². The number of pyridine rings is 1. The number of aliphatic hydroxyl groups is 3. The van der Waals surface area contributed by atoms with Gasteiger partial charge in [0.25, 0.3) is 5.91 Å². The molecule has 1 amide bonds. The predicted molar refractivity (Wildman–Crippen MR) is 155 cm³/mol. The van der Waals surface area contributed by atoms with Crippen LogP contribution in [0.3, 0.4) is 0 Å². The van der Waals surface area contributed by atoms with Gasteiger partial charge >= 0.3 is 0 Å². The number of aliphatic hydroxyl groups excluding tert-OH is 2. The number of hydrogen-bond donors (Lipinski definition) is 4. The van der Waals surface area contributed by atoms with Crippen LogP contribution in [0.4, 0.5) is 14.5 Å². The molecule has 2 aromatic carbocycles. The molecule has 0 aliphatic heterocycles. The van der Waals surface area contributed by atoms with E-state index in [2.05, 4.69) is 15.4 Å². The van der Waals surface area contributed by atoms with Crippen molar-refractivity contribution in [2.75, 3.05) is 5.32 Å². The highest BCUT2D eigenvalue weighted by Gasteiger charge is 2.64. The van der Waals surface area contributed by atoms with Crippen molar-refractivity contribution in [3.63, 3.8) is 0 Å². The Morgan fingerprint density at radius 3 is 2.45 bits per heavy atom. The lowest BCUT2D eigenvalue weighted by Gasteiger charge is -2.60. The van der Waals surface area contributed by atoms with Crippen molar-refractivity contribution in [1.82, 2.24) is 14.8 Å². The normalized spacial score (nSPS) is 24.3. The minimum Gasteiger partial charge on any atom is -0.387 e. The third-order valence-corrected chi connectivity index (χ3v) is 11.4. The maximum atomic E-state index is 13.8. The van der Waals surface area contributed by atoms with E-state index in [0.29, 0.717) is 12.1 Å². The Morgan fingerprint density at radius 1 is 1.02 bits per heavy atom. The Bertz CT molecular complexity index is 1830. The van der Waals surface area contributed by atoms with Crippen LogP contribution < -0.4 is 5.32 Å². The molecule has 3 saturated carbocycles. The van der Waals surface area contributed by atoms with E-state index in [1.54, 1.807) is 35.3 Å². The van der Waals surface area contributed by atoms with Crippen LogP contribution in [0.25, 0.3) is 5.69 Å². The molecule has 4 unspecified atom stereocenters. The second-order valence-electron chi connectivity index (χ2n) is 11.2. The highest BCUT2D eigenvalue weighted by molar-refractivity contribution is 7.92. The van der Waals surface area contributed by atoms with E-state index in [9.17, 15) is 37.3 Å². The lowest BCUT2D eigenvalue weighted by atomic mass is 9.51. The minimum atomic E-state index is -4.11. The fourth-order valence-electron chi connectivity index (χ4n) is 6.33. The van der Waals surface area contributed by atoms with Gasteiger partial charge in [0.1, 0.15) is 12.2 Å². The number of benzene rings is 2. The van der Waals surface area contributed by atoms with Gasteiger partial charge in [-0.05, 0) is 79.6 Å². The monoisotopic (exact) mass is 644 g/mol. The Labute approximate surface area is 255 Å². The first-order valence-electron chi connectivity index (χ1n) is 13.7. The van der Waals surface area contributed by atoms with Crippen molar-refractivity contribution in [2.24, 2.45) is 11.8 Å². The number of nitrogens with one attached hydrogen (secondary N) is 1. The molecule has 4 atom stereocenters. The molecule has 7 rings (SSSR count). The number of hydrogen-bond acceptors (Lipinski definition) is 8. The first kappa shape index (κ1) is 30.3. The van der Waals surface area contributed by atoms with E-state index in [1.807, 2.05) is 0 Å². The number of carbonyl (C=O) groups excluding carboxylic acids is 1. The van der Waals surface area contributed by atoms with Gasteiger partial charge in [-0.1, -0.05) is 11.6 Å². The zero-order chi connectivity index (χ0) is 31.4. The Balaban J connectivity index is 1.18. The van der Waals surface area contributed by atoms with E-state index in [0.717, 1.165) is 24.3 Å². The SMILES string of the molecule is O=C(Nc1ccc(F)c(F)c1)c1ccc(Cl)c(S(=O)(=O)C2CC3CC(C2)C3(O)C(O)C(O)c2cc(-n3cccn3)ccn2)c1. The summed E-state index contributed by atoms with van der Waals surface area (Å²) in [4.78, 5) is 16.7. The molecular formula is C30H27ClF2N4O6S. The summed E-state index contributed by atoms with van der Waals surface area (Å²) >= 11 is 6.28. The van der Waals surface area contributed by atoms with E-state index in [4.69, 9.17) is 11.6 Å². The van der Waals surface area contributed by atoms with Crippen molar-refractivity contribution in [2.45, 2.75) is 47.2 Å². The molecule has 2 aromatic heterocycles. The van der Waals surface area contributed by atoms with Crippen molar-refractivity contribution < 1.29 is 37.3 Å². The van der Waals surface area contributed by atoms with Crippen molar-refractivity contribution in [3.8, 4) is 5.69 Å². The van der Waals surface area contributed by atoms with Crippen molar-refractivity contribution in [1.29, 1.82) is 0 Å². The molecule has 44 heavy (non-hydrogen) atoms. The summed E-state index contributed by atoms with van der Waals surface area (Å²) in [5, 5.41) is 39.2. The number of fused-ring (bicyclic) bond motifs is 2. The number of sulfone groups is 1. The molecule has 0 spiro atoms. The number of anilines is 1. The summed E-state index contributed by atoms with van der Waals surface area (Å²) in [6, 6.07) is 11.4. The number of carbonyl (C=O) groups is 1.